The minimum absolute atomic E-state index is 0. The summed E-state index contributed by atoms with van der Waals surface area (Å²) in [6.07, 6.45) is 2.44. The first-order valence-corrected chi connectivity index (χ1v) is 4.12. The van der Waals surface area contributed by atoms with Crippen LogP contribution in [-0.4, -0.2) is 51.6 Å². The van der Waals surface area contributed by atoms with Crippen molar-refractivity contribution in [3.63, 3.8) is 0 Å². The topological polar surface area (TPSA) is 31.5 Å². The van der Waals surface area contributed by atoms with E-state index in [4.69, 9.17) is 0 Å². The molecule has 0 bridgehead atoms. The Morgan fingerprint density at radius 1 is 0.667 bits per heavy atom. The molecule has 0 heterocycles. The molecule has 0 aromatic rings. The number of rotatable bonds is 2. The van der Waals surface area contributed by atoms with E-state index in [1.165, 1.54) is 24.7 Å². The maximum Gasteiger partial charge on any atom is 2.00 e. The molecule has 0 unspecified atom stereocenters. The fraction of sp³-hybridized carbons (Fsp3) is 0.800. The van der Waals surface area contributed by atoms with Crippen molar-refractivity contribution < 1.29 is 30.3 Å². The minimum atomic E-state index is 0. The summed E-state index contributed by atoms with van der Waals surface area (Å²) >= 11 is 0. The van der Waals surface area contributed by atoms with Gasteiger partial charge in [-0.05, 0) is 0 Å². The Hall–Kier alpha value is 2.07. The molecule has 5 heteroatoms. The first-order chi connectivity index (χ1) is 4.54. The molecule has 0 atom stereocenters. The molecule has 0 aliphatic rings. The van der Waals surface area contributed by atoms with Crippen molar-refractivity contribution in [2.24, 2.45) is 0 Å². The normalized spacial score (nSPS) is 6.40. The van der Waals surface area contributed by atoms with Gasteiger partial charge in [-0.2, -0.15) is 40.5 Å². The van der Waals surface area contributed by atoms with Crippen molar-refractivity contribution in [2.45, 2.75) is 54.4 Å². The molecule has 0 saturated carbocycles. The summed E-state index contributed by atoms with van der Waals surface area (Å²) in [7, 11) is 0. The van der Waals surface area contributed by atoms with E-state index in [0.717, 1.165) is 0 Å². The number of halogens is 2. The van der Waals surface area contributed by atoms with E-state index in [1.807, 2.05) is 0 Å². The molecule has 0 saturated heterocycles. The van der Waals surface area contributed by atoms with Crippen LogP contribution < -0.4 is 24.8 Å². The minimum Gasteiger partial charge on any atom is -1.00 e. The first-order valence-electron chi connectivity index (χ1n) is 4.12. The Labute approximate surface area is 141 Å². The molecule has 15 heavy (non-hydrogen) atoms. The predicted molar refractivity (Wildman–Crippen MR) is 64.9 cm³/mol. The van der Waals surface area contributed by atoms with E-state index in [9.17, 15) is 0 Å². The third kappa shape index (κ3) is 86.3. The summed E-state index contributed by atoms with van der Waals surface area (Å²) in [6, 6.07) is 0. The molecule has 0 rings (SSSR count). The molecule has 0 radical (unpaired) electrons. The maximum absolute atomic E-state index is 2.16. The van der Waals surface area contributed by atoms with Crippen molar-refractivity contribution in [3.8, 4) is 0 Å². The van der Waals surface area contributed by atoms with Gasteiger partial charge < -0.3 is 42.1 Å². The second kappa shape index (κ2) is 36.0. The molecule has 0 aromatic heterocycles. The molecule has 0 amide bonds. The van der Waals surface area contributed by atoms with Gasteiger partial charge >= 0.3 is 46.1 Å². The third-order valence-electron chi connectivity index (χ3n) is 1.41. The molecule has 1 nitrogen and oxygen atoms in total. The molecule has 0 aromatic carbocycles. The molecule has 0 aliphatic heterocycles. The molecular weight excluding hydrogens is 256 g/mol. The van der Waals surface area contributed by atoms with Crippen molar-refractivity contribution in [2.75, 3.05) is 0 Å². The van der Waals surface area contributed by atoms with Gasteiger partial charge in [0, 0.05) is 0 Å². The average molecular weight is 280 g/mol. The van der Waals surface area contributed by atoms with Gasteiger partial charge in [-0.1, -0.05) is 13.8 Å². The number of hydrogen-bond donors (Lipinski definition) is 0. The summed E-state index contributed by atoms with van der Waals surface area (Å²) in [5, 5.41) is 0. The molecule has 0 aliphatic carbocycles. The van der Waals surface area contributed by atoms with E-state index in [1.54, 1.807) is 0 Å². The Morgan fingerprint density at radius 2 is 0.733 bits per heavy atom. The van der Waals surface area contributed by atoms with Crippen LogP contribution in [0.15, 0.2) is 0 Å². The zero-order valence-corrected chi connectivity index (χ0v) is 15.4. The van der Waals surface area contributed by atoms with Crippen LogP contribution in [0.4, 0.5) is 0 Å². The van der Waals surface area contributed by atoms with Gasteiger partial charge in [-0.15, -0.1) is 0 Å². The second-order valence-corrected chi connectivity index (χ2v) is 3.12. The van der Waals surface area contributed by atoms with Gasteiger partial charge in [0.25, 0.3) is 0 Å². The fourth-order valence-electron chi connectivity index (χ4n) is 0. The van der Waals surface area contributed by atoms with Crippen LogP contribution in [0.2, 0.25) is 0 Å². The maximum atomic E-state index is 2.16. The van der Waals surface area contributed by atoms with Crippen molar-refractivity contribution >= 4 is 46.1 Å². The summed E-state index contributed by atoms with van der Waals surface area (Å²) in [4.78, 5) is 0. The van der Waals surface area contributed by atoms with Crippen molar-refractivity contribution in [1.29, 1.82) is 0 Å². The predicted octanol–water partition coefficient (Wildman–Crippen LogP) is -3.56. The van der Waals surface area contributed by atoms with Gasteiger partial charge in [0.05, 0.1) is 0 Å². The fourth-order valence-corrected chi connectivity index (χ4v) is 0. The van der Waals surface area contributed by atoms with Crippen molar-refractivity contribution in [3.05, 3.63) is 11.8 Å². The van der Waals surface area contributed by atoms with Gasteiger partial charge in [0.15, 0.2) is 0 Å². The van der Waals surface area contributed by atoms with Crippen LogP contribution >= 0.6 is 0 Å². The van der Waals surface area contributed by atoms with Crippen molar-refractivity contribution in [1.82, 2.24) is 0 Å². The molecule has 0 fully saturated rings. The van der Waals surface area contributed by atoms with E-state index in [2.05, 4.69) is 41.5 Å². The summed E-state index contributed by atoms with van der Waals surface area (Å²) < 4.78 is 0. The zero-order valence-electron chi connectivity index (χ0n) is 11.1. The summed E-state index contributed by atoms with van der Waals surface area (Å²) in [5.41, 5.74) is 0. The Balaban J connectivity index is -0.0000000128. The monoisotopic (exact) mass is 278 g/mol. The SMILES string of the molecule is CC[C-](C)C.CC[C-](C)C.O.[Cl-].[Cl-].[Mg+2].[Mg+2]. The molecular formula is C10H24Cl2Mg2O. The quantitative estimate of drug-likeness (QED) is 0.370. The van der Waals surface area contributed by atoms with Crippen LogP contribution in [0.1, 0.15) is 54.4 Å². The standard InChI is InChI=1S/2C5H11.2ClH.2Mg.H2O/c2*1-4-5(2)3;;;;;/h2*4H2,1-3H3;2*1H;;;1H2/q2*-1;;;2*+2;/p-2. The van der Waals surface area contributed by atoms with Crippen LogP contribution in [0.3, 0.4) is 0 Å². The Bertz CT molecular complexity index is 57.4. The van der Waals surface area contributed by atoms with Gasteiger partial charge in [-0.3, -0.25) is 0 Å². The van der Waals surface area contributed by atoms with Gasteiger partial charge in [-0.25, -0.2) is 0 Å². The average Bonchev–Trinajstić information content (AvgIpc) is 1.89. The van der Waals surface area contributed by atoms with Crippen LogP contribution in [-0.2, 0) is 0 Å². The molecule has 2 N–H and O–H groups in total. The van der Waals surface area contributed by atoms with E-state index < -0.39 is 0 Å². The Kier molecular flexibility index (Phi) is 104. The summed E-state index contributed by atoms with van der Waals surface area (Å²) in [6.45, 7) is 12.9. The van der Waals surface area contributed by atoms with Crippen LogP contribution in [0, 0.1) is 11.8 Å². The second-order valence-electron chi connectivity index (χ2n) is 3.12. The Morgan fingerprint density at radius 3 is 0.733 bits per heavy atom. The van der Waals surface area contributed by atoms with Gasteiger partial charge in [0.1, 0.15) is 0 Å². The third-order valence-corrected chi connectivity index (χ3v) is 1.41. The smallest absolute Gasteiger partial charge is 1.00 e. The van der Waals surface area contributed by atoms with Crippen LogP contribution in [0.5, 0.6) is 0 Å². The van der Waals surface area contributed by atoms with Gasteiger partial charge in [0.2, 0.25) is 0 Å². The van der Waals surface area contributed by atoms with E-state index in [0.29, 0.717) is 0 Å². The molecule has 88 valence electrons. The first kappa shape index (κ1) is 43.5. The number of hydrogen-bond acceptors (Lipinski definition) is 0. The zero-order chi connectivity index (χ0) is 8.57. The molecule has 0 spiro atoms. The van der Waals surface area contributed by atoms with Crippen LogP contribution in [0.25, 0.3) is 0 Å². The summed E-state index contributed by atoms with van der Waals surface area (Å²) in [5.74, 6) is 3.01. The van der Waals surface area contributed by atoms with E-state index in [-0.39, 0.29) is 76.4 Å². The van der Waals surface area contributed by atoms with E-state index >= 15 is 0 Å². The largest absolute Gasteiger partial charge is 2.00 e.